The van der Waals surface area contributed by atoms with Crippen LogP contribution in [0.1, 0.15) is 44.9 Å². The fraction of sp³-hybridized carbons (Fsp3) is 0.875. The van der Waals surface area contributed by atoms with Crippen molar-refractivity contribution in [3.8, 4) is 0 Å². The topological polar surface area (TPSA) is 72.6 Å². The van der Waals surface area contributed by atoms with E-state index in [4.69, 9.17) is 10.5 Å². The van der Waals surface area contributed by atoms with E-state index in [9.17, 15) is 22.8 Å². The summed E-state index contributed by atoms with van der Waals surface area (Å²) in [6.45, 7) is 0.484. The number of hydrogen-bond donors (Lipinski definition) is 1. The summed E-state index contributed by atoms with van der Waals surface area (Å²) in [6, 6.07) is 0. The highest BCUT2D eigenvalue weighted by molar-refractivity contribution is 5.91. The number of primary amides is 1. The lowest BCUT2D eigenvalue weighted by Gasteiger charge is -2.37. The van der Waals surface area contributed by atoms with Crippen LogP contribution >= 0.6 is 0 Å². The van der Waals surface area contributed by atoms with E-state index < -0.39 is 23.5 Å². The second-order valence-corrected chi connectivity index (χ2v) is 6.94. The van der Waals surface area contributed by atoms with Crippen molar-refractivity contribution in [2.24, 2.45) is 17.6 Å². The lowest BCUT2D eigenvalue weighted by atomic mass is 9.80. The van der Waals surface area contributed by atoms with Crippen LogP contribution in [0.5, 0.6) is 0 Å². The molecule has 1 heterocycles. The third-order valence-corrected chi connectivity index (χ3v) is 5.40. The van der Waals surface area contributed by atoms with Gasteiger partial charge in [-0.25, -0.2) is 0 Å². The molecule has 2 amide bonds. The highest BCUT2D eigenvalue weighted by Crippen LogP contribution is 2.41. The van der Waals surface area contributed by atoms with E-state index in [1.807, 2.05) is 0 Å². The molecule has 0 radical (unpaired) electrons. The first-order valence-corrected chi connectivity index (χ1v) is 8.36. The average molecular weight is 350 g/mol. The molecule has 1 saturated carbocycles. The van der Waals surface area contributed by atoms with Crippen molar-refractivity contribution in [3.05, 3.63) is 0 Å². The summed E-state index contributed by atoms with van der Waals surface area (Å²) in [5, 5.41) is 0. The van der Waals surface area contributed by atoms with Gasteiger partial charge >= 0.3 is 6.18 Å². The maximum Gasteiger partial charge on any atom is 0.391 e. The minimum atomic E-state index is -4.15. The molecular formula is C16H25F3N2O3. The number of carbonyl (C=O) groups is 2. The van der Waals surface area contributed by atoms with Gasteiger partial charge in [-0.2, -0.15) is 13.2 Å². The Labute approximate surface area is 139 Å². The number of rotatable bonds is 5. The van der Waals surface area contributed by atoms with Crippen LogP contribution in [0.25, 0.3) is 0 Å². The molecule has 1 saturated heterocycles. The Morgan fingerprint density at radius 1 is 1.25 bits per heavy atom. The maximum atomic E-state index is 12.7. The largest absolute Gasteiger partial charge is 0.391 e. The molecule has 2 fully saturated rings. The number of ether oxygens (including phenoxy) is 1. The van der Waals surface area contributed by atoms with Crippen LogP contribution in [0.4, 0.5) is 13.2 Å². The van der Waals surface area contributed by atoms with Crippen LogP contribution in [0.2, 0.25) is 0 Å². The lowest BCUT2D eigenvalue weighted by Crippen LogP contribution is -2.59. The number of carbonyl (C=O) groups excluding carboxylic acids is 2. The predicted octanol–water partition coefficient (Wildman–Crippen LogP) is 2.24. The number of methoxy groups -OCH3 is 1. The second kappa shape index (κ2) is 7.29. The number of nitrogens with two attached hydrogens (primary N) is 1. The van der Waals surface area contributed by atoms with Gasteiger partial charge in [-0.3, -0.25) is 9.59 Å². The molecule has 5 nitrogen and oxygen atoms in total. The molecule has 1 unspecified atom stereocenters. The lowest BCUT2D eigenvalue weighted by molar-refractivity contribution is -0.184. The van der Waals surface area contributed by atoms with Crippen molar-refractivity contribution in [2.45, 2.75) is 56.7 Å². The van der Waals surface area contributed by atoms with Gasteiger partial charge in [0, 0.05) is 20.1 Å². The SMILES string of the molecule is COCC1(C(N)=O)CCCN1C(=O)CC1CCC(C(F)(F)F)CC1. The number of likely N-dealkylation sites (tertiary alicyclic amines) is 1. The number of nitrogens with zero attached hydrogens (tertiary/aromatic N) is 1. The van der Waals surface area contributed by atoms with Gasteiger partial charge < -0.3 is 15.4 Å². The summed E-state index contributed by atoms with van der Waals surface area (Å²) < 4.78 is 43.2. The Hall–Kier alpha value is -1.31. The van der Waals surface area contributed by atoms with Crippen LogP contribution < -0.4 is 5.73 Å². The third-order valence-electron chi connectivity index (χ3n) is 5.40. The van der Waals surface area contributed by atoms with E-state index in [-0.39, 0.29) is 37.7 Å². The third kappa shape index (κ3) is 3.84. The van der Waals surface area contributed by atoms with Crippen molar-refractivity contribution in [3.63, 3.8) is 0 Å². The fourth-order valence-electron chi connectivity index (χ4n) is 4.01. The summed E-state index contributed by atoms with van der Waals surface area (Å²) in [5.74, 6) is -2.12. The molecule has 1 aliphatic carbocycles. The normalized spacial score (nSPS) is 31.2. The van der Waals surface area contributed by atoms with Gasteiger partial charge in [0.25, 0.3) is 0 Å². The summed E-state index contributed by atoms with van der Waals surface area (Å²) in [6.07, 6.45) is -1.94. The Bertz CT molecular complexity index is 476. The number of amides is 2. The molecule has 2 N–H and O–H groups in total. The first-order chi connectivity index (χ1) is 11.2. The predicted molar refractivity (Wildman–Crippen MR) is 80.9 cm³/mol. The number of hydrogen-bond acceptors (Lipinski definition) is 3. The van der Waals surface area contributed by atoms with Gasteiger partial charge in [0.1, 0.15) is 5.54 Å². The van der Waals surface area contributed by atoms with Gasteiger partial charge in [0.05, 0.1) is 12.5 Å². The highest BCUT2D eigenvalue weighted by Gasteiger charge is 2.49. The van der Waals surface area contributed by atoms with E-state index in [1.165, 1.54) is 12.0 Å². The first kappa shape index (κ1) is 19.0. The average Bonchev–Trinajstić information content (AvgIpc) is 2.92. The Morgan fingerprint density at radius 3 is 2.38 bits per heavy atom. The molecule has 0 spiro atoms. The molecule has 0 aromatic carbocycles. The first-order valence-electron chi connectivity index (χ1n) is 8.36. The summed E-state index contributed by atoms with van der Waals surface area (Å²) in [7, 11) is 1.45. The van der Waals surface area contributed by atoms with Crippen LogP contribution in [0, 0.1) is 11.8 Å². The highest BCUT2D eigenvalue weighted by atomic mass is 19.4. The van der Waals surface area contributed by atoms with E-state index in [2.05, 4.69) is 0 Å². The molecule has 0 bridgehead atoms. The zero-order valence-electron chi connectivity index (χ0n) is 13.9. The Morgan fingerprint density at radius 2 is 1.88 bits per heavy atom. The molecular weight excluding hydrogens is 325 g/mol. The summed E-state index contributed by atoms with van der Waals surface area (Å²) in [5.41, 5.74) is 4.39. The van der Waals surface area contributed by atoms with Gasteiger partial charge in [-0.05, 0) is 44.4 Å². The van der Waals surface area contributed by atoms with E-state index >= 15 is 0 Å². The summed E-state index contributed by atoms with van der Waals surface area (Å²) >= 11 is 0. The minimum Gasteiger partial charge on any atom is -0.382 e. The van der Waals surface area contributed by atoms with E-state index in [1.54, 1.807) is 0 Å². The molecule has 24 heavy (non-hydrogen) atoms. The van der Waals surface area contributed by atoms with Crippen LogP contribution in [0.15, 0.2) is 0 Å². The molecule has 8 heteroatoms. The molecule has 0 aromatic heterocycles. The number of alkyl halides is 3. The monoisotopic (exact) mass is 350 g/mol. The second-order valence-electron chi connectivity index (χ2n) is 6.94. The molecule has 2 aliphatic rings. The van der Waals surface area contributed by atoms with Crippen molar-refractivity contribution in [1.82, 2.24) is 4.90 Å². The number of halogens is 3. The minimum absolute atomic E-state index is 0.0505. The van der Waals surface area contributed by atoms with E-state index in [0.717, 1.165) is 0 Å². The smallest absolute Gasteiger partial charge is 0.382 e. The van der Waals surface area contributed by atoms with Crippen molar-refractivity contribution in [2.75, 3.05) is 20.3 Å². The van der Waals surface area contributed by atoms with Crippen LogP contribution in [-0.4, -0.2) is 48.7 Å². The molecule has 2 rings (SSSR count). The fourth-order valence-corrected chi connectivity index (χ4v) is 4.01. The van der Waals surface area contributed by atoms with Crippen LogP contribution in [0.3, 0.4) is 0 Å². The van der Waals surface area contributed by atoms with Crippen molar-refractivity contribution >= 4 is 11.8 Å². The van der Waals surface area contributed by atoms with Gasteiger partial charge in [-0.15, -0.1) is 0 Å². The molecule has 138 valence electrons. The van der Waals surface area contributed by atoms with Gasteiger partial charge in [0.2, 0.25) is 11.8 Å². The quantitative estimate of drug-likeness (QED) is 0.826. The molecule has 1 aliphatic heterocycles. The Kier molecular flexibility index (Phi) is 5.78. The van der Waals surface area contributed by atoms with Crippen molar-refractivity contribution in [1.29, 1.82) is 0 Å². The summed E-state index contributed by atoms with van der Waals surface area (Å²) in [4.78, 5) is 26.0. The van der Waals surface area contributed by atoms with Gasteiger partial charge in [0.15, 0.2) is 0 Å². The zero-order chi connectivity index (χ0) is 18.0. The maximum absolute atomic E-state index is 12.7. The van der Waals surface area contributed by atoms with Crippen LogP contribution in [-0.2, 0) is 14.3 Å². The Balaban J connectivity index is 1.96. The van der Waals surface area contributed by atoms with Crippen molar-refractivity contribution < 1.29 is 27.5 Å². The zero-order valence-corrected chi connectivity index (χ0v) is 13.9. The standard InChI is InChI=1S/C16H25F3N2O3/c1-24-10-15(14(20)23)7-2-8-21(15)13(22)9-11-3-5-12(6-4-11)16(17,18)19/h11-12H,2-10H2,1H3,(H2,20,23). The molecule has 0 aromatic rings. The van der Waals surface area contributed by atoms with Gasteiger partial charge in [-0.1, -0.05) is 0 Å². The molecule has 1 atom stereocenters. The van der Waals surface area contributed by atoms with E-state index in [0.29, 0.717) is 32.2 Å².